The number of rotatable bonds is 5. The number of nitrogens with one attached hydrogen (secondary N) is 1. The maximum absolute atomic E-state index is 11.5. The van der Waals surface area contributed by atoms with E-state index in [0.29, 0.717) is 11.7 Å². The third-order valence-corrected chi connectivity index (χ3v) is 4.20. The molecule has 0 saturated heterocycles. The van der Waals surface area contributed by atoms with Crippen molar-refractivity contribution in [1.29, 1.82) is 0 Å². The molecular formula is C20H21N3O2. The van der Waals surface area contributed by atoms with Gasteiger partial charge in [-0.15, -0.1) is 0 Å². The summed E-state index contributed by atoms with van der Waals surface area (Å²) in [5.41, 5.74) is 3.32. The fourth-order valence-electron chi connectivity index (χ4n) is 2.75. The lowest BCUT2D eigenvalue weighted by atomic mass is 9.96. The number of nitrogens with zero attached hydrogens (tertiary/aromatic N) is 2. The Bertz CT molecular complexity index is 892. The number of fused-ring (bicyclic) bond motifs is 1. The van der Waals surface area contributed by atoms with Gasteiger partial charge in [0.25, 0.3) is 0 Å². The van der Waals surface area contributed by atoms with Gasteiger partial charge in [0, 0.05) is 29.5 Å². The zero-order valence-electron chi connectivity index (χ0n) is 14.6. The molecule has 0 radical (unpaired) electrons. The Morgan fingerprint density at radius 2 is 1.92 bits per heavy atom. The topological polar surface area (TPSA) is 64.1 Å². The summed E-state index contributed by atoms with van der Waals surface area (Å²) >= 11 is 0. The molecule has 0 aliphatic rings. The van der Waals surface area contributed by atoms with Crippen LogP contribution >= 0.6 is 0 Å². The minimum absolute atomic E-state index is 0.0825. The van der Waals surface area contributed by atoms with Crippen molar-refractivity contribution in [3.8, 4) is 11.1 Å². The number of pyridine rings is 2. The minimum Gasteiger partial charge on any atom is -0.468 e. The standard InChI is InChI=1S/C20H21N3O2/c1-13(2)15-4-5-16-17(10-15)20(23-12-19(24)25-3)22-11-18(16)14-6-8-21-9-7-14/h4-11,13H,12H2,1-3H3,(H,22,23). The molecule has 5 nitrogen and oxygen atoms in total. The molecule has 2 aromatic heterocycles. The van der Waals surface area contributed by atoms with Gasteiger partial charge in [0.1, 0.15) is 12.4 Å². The summed E-state index contributed by atoms with van der Waals surface area (Å²) < 4.78 is 4.70. The first-order valence-electron chi connectivity index (χ1n) is 8.24. The molecule has 2 heterocycles. The summed E-state index contributed by atoms with van der Waals surface area (Å²) in [6, 6.07) is 10.3. The predicted octanol–water partition coefficient (Wildman–Crippen LogP) is 4.01. The maximum atomic E-state index is 11.5. The highest BCUT2D eigenvalue weighted by atomic mass is 16.5. The lowest BCUT2D eigenvalue weighted by Gasteiger charge is -2.14. The van der Waals surface area contributed by atoms with Gasteiger partial charge in [-0.25, -0.2) is 4.98 Å². The Hall–Kier alpha value is -2.95. The van der Waals surface area contributed by atoms with Crippen LogP contribution in [-0.4, -0.2) is 29.6 Å². The summed E-state index contributed by atoms with van der Waals surface area (Å²) in [6.45, 7) is 4.39. The summed E-state index contributed by atoms with van der Waals surface area (Å²) in [6.07, 6.45) is 5.37. The molecule has 0 amide bonds. The largest absolute Gasteiger partial charge is 0.468 e. The van der Waals surface area contributed by atoms with Crippen LogP contribution in [0.3, 0.4) is 0 Å². The highest BCUT2D eigenvalue weighted by Crippen LogP contribution is 2.33. The molecule has 3 aromatic rings. The fourth-order valence-corrected chi connectivity index (χ4v) is 2.75. The van der Waals surface area contributed by atoms with E-state index in [1.165, 1.54) is 12.7 Å². The van der Waals surface area contributed by atoms with Crippen molar-refractivity contribution in [2.75, 3.05) is 19.0 Å². The van der Waals surface area contributed by atoms with E-state index in [2.05, 4.69) is 47.3 Å². The first kappa shape index (κ1) is 16.9. The second kappa shape index (κ2) is 7.30. The third kappa shape index (κ3) is 3.60. The fraction of sp³-hybridized carbons (Fsp3) is 0.250. The number of methoxy groups -OCH3 is 1. The smallest absolute Gasteiger partial charge is 0.325 e. The van der Waals surface area contributed by atoms with Gasteiger partial charge in [-0.05, 0) is 40.6 Å². The van der Waals surface area contributed by atoms with Gasteiger partial charge in [-0.3, -0.25) is 9.78 Å². The number of ether oxygens (including phenoxy) is 1. The van der Waals surface area contributed by atoms with Crippen LogP contribution in [0.25, 0.3) is 21.9 Å². The monoisotopic (exact) mass is 335 g/mol. The third-order valence-electron chi connectivity index (χ3n) is 4.20. The molecule has 0 fully saturated rings. The van der Waals surface area contributed by atoms with Gasteiger partial charge >= 0.3 is 5.97 Å². The zero-order valence-corrected chi connectivity index (χ0v) is 14.6. The average molecular weight is 335 g/mol. The van der Waals surface area contributed by atoms with Crippen molar-refractivity contribution < 1.29 is 9.53 Å². The first-order chi connectivity index (χ1) is 12.1. The van der Waals surface area contributed by atoms with Crippen molar-refractivity contribution in [1.82, 2.24) is 9.97 Å². The van der Waals surface area contributed by atoms with Gasteiger partial charge < -0.3 is 10.1 Å². The Morgan fingerprint density at radius 3 is 2.60 bits per heavy atom. The molecule has 5 heteroatoms. The Balaban J connectivity index is 2.13. The van der Waals surface area contributed by atoms with Gasteiger partial charge in [0.05, 0.1) is 7.11 Å². The van der Waals surface area contributed by atoms with E-state index < -0.39 is 0 Å². The van der Waals surface area contributed by atoms with E-state index in [4.69, 9.17) is 4.74 Å². The molecule has 0 atom stereocenters. The molecule has 0 unspecified atom stereocenters. The molecule has 25 heavy (non-hydrogen) atoms. The van der Waals surface area contributed by atoms with Crippen molar-refractivity contribution >= 4 is 22.6 Å². The van der Waals surface area contributed by atoms with E-state index in [-0.39, 0.29) is 12.5 Å². The molecule has 0 spiro atoms. The second-order valence-electron chi connectivity index (χ2n) is 6.15. The van der Waals surface area contributed by atoms with Crippen molar-refractivity contribution in [3.63, 3.8) is 0 Å². The van der Waals surface area contributed by atoms with Crippen LogP contribution < -0.4 is 5.32 Å². The summed E-state index contributed by atoms with van der Waals surface area (Å²) in [5.74, 6) is 0.760. The van der Waals surface area contributed by atoms with E-state index in [9.17, 15) is 4.79 Å². The number of esters is 1. The predicted molar refractivity (Wildman–Crippen MR) is 99.6 cm³/mol. The molecule has 1 N–H and O–H groups in total. The van der Waals surface area contributed by atoms with Gasteiger partial charge in [-0.2, -0.15) is 0 Å². The van der Waals surface area contributed by atoms with Crippen LogP contribution in [0.15, 0.2) is 48.9 Å². The number of benzene rings is 1. The maximum Gasteiger partial charge on any atom is 0.325 e. The molecule has 1 aromatic carbocycles. The highest BCUT2D eigenvalue weighted by Gasteiger charge is 2.12. The SMILES string of the molecule is COC(=O)CNc1ncc(-c2ccncc2)c2ccc(C(C)C)cc12. The second-order valence-corrected chi connectivity index (χ2v) is 6.15. The highest BCUT2D eigenvalue weighted by molar-refractivity contribution is 6.02. The lowest BCUT2D eigenvalue weighted by Crippen LogP contribution is -2.16. The van der Waals surface area contributed by atoms with Crippen LogP contribution in [-0.2, 0) is 9.53 Å². The molecule has 0 aliphatic heterocycles. The van der Waals surface area contributed by atoms with E-state index >= 15 is 0 Å². The van der Waals surface area contributed by atoms with Crippen molar-refractivity contribution in [2.45, 2.75) is 19.8 Å². The molecule has 0 saturated carbocycles. The van der Waals surface area contributed by atoms with Gasteiger partial charge in [0.2, 0.25) is 0 Å². The Kier molecular flexibility index (Phi) is 4.93. The van der Waals surface area contributed by atoms with Crippen molar-refractivity contribution in [3.05, 3.63) is 54.5 Å². The first-order valence-corrected chi connectivity index (χ1v) is 8.24. The quantitative estimate of drug-likeness (QED) is 0.714. The van der Waals surface area contributed by atoms with E-state index in [1.807, 2.05) is 18.3 Å². The van der Waals surface area contributed by atoms with Gasteiger partial charge in [-0.1, -0.05) is 26.0 Å². The molecule has 0 bridgehead atoms. The van der Waals surface area contributed by atoms with Gasteiger partial charge in [0.15, 0.2) is 0 Å². The van der Waals surface area contributed by atoms with E-state index in [1.54, 1.807) is 12.4 Å². The average Bonchev–Trinajstić information content (AvgIpc) is 2.65. The van der Waals surface area contributed by atoms with E-state index in [0.717, 1.165) is 21.9 Å². The molecular weight excluding hydrogens is 314 g/mol. The minimum atomic E-state index is -0.326. The number of carbonyl (C=O) groups excluding carboxylic acids is 1. The molecule has 128 valence electrons. The lowest BCUT2D eigenvalue weighted by molar-refractivity contribution is -0.138. The number of carbonyl (C=O) groups is 1. The summed E-state index contributed by atoms with van der Waals surface area (Å²) in [7, 11) is 1.37. The summed E-state index contributed by atoms with van der Waals surface area (Å²) in [5, 5.41) is 5.16. The van der Waals surface area contributed by atoms with Crippen LogP contribution in [0.4, 0.5) is 5.82 Å². The number of hydrogen-bond acceptors (Lipinski definition) is 5. The Morgan fingerprint density at radius 1 is 1.16 bits per heavy atom. The zero-order chi connectivity index (χ0) is 17.8. The number of hydrogen-bond donors (Lipinski definition) is 1. The number of anilines is 1. The normalized spacial score (nSPS) is 10.9. The van der Waals surface area contributed by atoms with Crippen molar-refractivity contribution in [2.24, 2.45) is 0 Å². The Labute approximate surface area is 147 Å². The van der Waals surface area contributed by atoms with Crippen LogP contribution in [0, 0.1) is 0 Å². The van der Waals surface area contributed by atoms with Crippen LogP contribution in [0.5, 0.6) is 0 Å². The molecule has 0 aliphatic carbocycles. The summed E-state index contributed by atoms with van der Waals surface area (Å²) in [4.78, 5) is 20.1. The number of aromatic nitrogens is 2. The van der Waals surface area contributed by atoms with Crippen LogP contribution in [0.2, 0.25) is 0 Å². The van der Waals surface area contributed by atoms with Crippen LogP contribution in [0.1, 0.15) is 25.3 Å². The molecule has 3 rings (SSSR count).